The second-order valence-corrected chi connectivity index (χ2v) is 8.98. The molecule has 0 spiro atoms. The van der Waals surface area contributed by atoms with Crippen molar-refractivity contribution in [1.82, 2.24) is 14.5 Å². The summed E-state index contributed by atoms with van der Waals surface area (Å²) in [5, 5.41) is 9.55. The van der Waals surface area contributed by atoms with Crippen LogP contribution in [0.3, 0.4) is 0 Å². The molecule has 0 N–H and O–H groups in total. The van der Waals surface area contributed by atoms with Crippen LogP contribution >= 0.6 is 27.3 Å². The average Bonchev–Trinajstić information content (AvgIpc) is 2.88. The van der Waals surface area contributed by atoms with E-state index in [1.54, 1.807) is 18.2 Å². The van der Waals surface area contributed by atoms with Gasteiger partial charge in [-0.1, -0.05) is 35.3 Å². The number of unbranched alkanes of at least 4 members (excludes halogenated alkanes) is 1. The molecule has 0 unspecified atom stereocenters. The van der Waals surface area contributed by atoms with Crippen LogP contribution in [0.1, 0.15) is 29.8 Å². The number of sulfonamides is 1. The van der Waals surface area contributed by atoms with Gasteiger partial charge in [0.05, 0.1) is 11.4 Å². The molecule has 0 aliphatic carbocycles. The largest absolute Gasteiger partial charge is 0.243 e. The van der Waals surface area contributed by atoms with Gasteiger partial charge in [0, 0.05) is 11.0 Å². The summed E-state index contributed by atoms with van der Waals surface area (Å²) in [5.41, 5.74) is 0. The van der Waals surface area contributed by atoms with Gasteiger partial charge in [0.15, 0.2) is 0 Å². The van der Waals surface area contributed by atoms with E-state index in [2.05, 4.69) is 26.1 Å². The molecule has 8 heteroatoms. The lowest BCUT2D eigenvalue weighted by Gasteiger charge is -2.21. The highest BCUT2D eigenvalue weighted by atomic mass is 79.9. The summed E-state index contributed by atoms with van der Waals surface area (Å²) in [6, 6.07) is 6.78. The second-order valence-electron chi connectivity index (χ2n) is 4.86. The van der Waals surface area contributed by atoms with Crippen LogP contribution < -0.4 is 0 Å². The van der Waals surface area contributed by atoms with E-state index >= 15 is 0 Å². The predicted molar refractivity (Wildman–Crippen MR) is 91.3 cm³/mol. The Hall–Kier alpha value is -0.830. The van der Waals surface area contributed by atoms with Gasteiger partial charge in [0.25, 0.3) is 0 Å². The lowest BCUT2D eigenvalue weighted by Crippen LogP contribution is -2.31. The zero-order chi connectivity index (χ0) is 16.2. The van der Waals surface area contributed by atoms with Crippen molar-refractivity contribution in [3.05, 3.63) is 38.8 Å². The third-order valence-corrected chi connectivity index (χ3v) is 6.23. The van der Waals surface area contributed by atoms with Crippen LogP contribution in [-0.2, 0) is 16.6 Å². The number of aromatic nitrogens is 2. The monoisotopic (exact) mass is 403 g/mol. The van der Waals surface area contributed by atoms with Gasteiger partial charge in [-0.2, -0.15) is 4.31 Å². The van der Waals surface area contributed by atoms with Gasteiger partial charge in [-0.15, -0.1) is 21.5 Å². The first-order chi connectivity index (χ1) is 10.4. The quantitative estimate of drug-likeness (QED) is 0.708. The van der Waals surface area contributed by atoms with Gasteiger partial charge < -0.3 is 0 Å². The van der Waals surface area contributed by atoms with E-state index in [1.807, 2.05) is 19.9 Å². The number of hydrogen-bond acceptors (Lipinski definition) is 5. The third kappa shape index (κ3) is 4.34. The smallest absolute Gasteiger partial charge is 0.207 e. The van der Waals surface area contributed by atoms with E-state index in [1.165, 1.54) is 15.6 Å². The molecule has 0 saturated heterocycles. The molecule has 22 heavy (non-hydrogen) atoms. The fourth-order valence-corrected chi connectivity index (χ4v) is 4.79. The topological polar surface area (TPSA) is 63.2 Å². The van der Waals surface area contributed by atoms with Crippen molar-refractivity contribution in [3.8, 4) is 0 Å². The van der Waals surface area contributed by atoms with Gasteiger partial charge in [-0.05, 0) is 31.5 Å². The molecule has 0 amide bonds. The Morgan fingerprint density at radius 3 is 2.68 bits per heavy atom. The van der Waals surface area contributed by atoms with E-state index in [4.69, 9.17) is 0 Å². The first kappa shape index (κ1) is 17.5. The van der Waals surface area contributed by atoms with Crippen LogP contribution in [0.4, 0.5) is 0 Å². The van der Waals surface area contributed by atoms with Gasteiger partial charge in [0.1, 0.15) is 10.0 Å². The van der Waals surface area contributed by atoms with Gasteiger partial charge in [0.2, 0.25) is 10.0 Å². The summed E-state index contributed by atoms with van der Waals surface area (Å²) in [6.07, 6.45) is 1.74. The SMILES string of the molecule is CCCCN(Cc1nnc(C)s1)S(=O)(=O)c1cccc(Br)c1. The highest BCUT2D eigenvalue weighted by Gasteiger charge is 2.25. The molecule has 0 bridgehead atoms. The molecule has 2 rings (SSSR count). The maximum atomic E-state index is 12.9. The summed E-state index contributed by atoms with van der Waals surface area (Å²) < 4.78 is 28.0. The average molecular weight is 404 g/mol. The van der Waals surface area contributed by atoms with E-state index in [0.717, 1.165) is 22.3 Å². The van der Waals surface area contributed by atoms with Gasteiger partial charge in [-0.25, -0.2) is 8.42 Å². The van der Waals surface area contributed by atoms with E-state index in [0.29, 0.717) is 16.4 Å². The highest BCUT2D eigenvalue weighted by Crippen LogP contribution is 2.23. The minimum atomic E-state index is -3.54. The minimum absolute atomic E-state index is 0.264. The predicted octanol–water partition coefficient (Wildman–Crippen LogP) is 3.60. The Bertz CT molecular complexity index is 731. The molecule has 1 aromatic carbocycles. The van der Waals surface area contributed by atoms with E-state index in [-0.39, 0.29) is 6.54 Å². The maximum Gasteiger partial charge on any atom is 0.243 e. The van der Waals surface area contributed by atoms with Crippen LogP contribution in [0.25, 0.3) is 0 Å². The van der Waals surface area contributed by atoms with Gasteiger partial charge >= 0.3 is 0 Å². The molecule has 1 aromatic heterocycles. The molecule has 5 nitrogen and oxygen atoms in total. The number of rotatable bonds is 7. The van der Waals surface area contributed by atoms with Crippen molar-refractivity contribution in [2.24, 2.45) is 0 Å². The van der Waals surface area contributed by atoms with Gasteiger partial charge in [-0.3, -0.25) is 0 Å². The zero-order valence-corrected chi connectivity index (χ0v) is 15.7. The summed E-state index contributed by atoms with van der Waals surface area (Å²) in [7, 11) is -3.54. The lowest BCUT2D eigenvalue weighted by molar-refractivity contribution is 0.396. The fourth-order valence-electron chi connectivity index (χ4n) is 1.95. The van der Waals surface area contributed by atoms with Crippen molar-refractivity contribution in [1.29, 1.82) is 0 Å². The molecule has 0 fully saturated rings. The molecule has 0 atom stereocenters. The van der Waals surface area contributed by atoms with Crippen molar-refractivity contribution >= 4 is 37.3 Å². The zero-order valence-electron chi connectivity index (χ0n) is 12.5. The van der Waals surface area contributed by atoms with Crippen molar-refractivity contribution in [2.45, 2.75) is 38.1 Å². The number of nitrogens with zero attached hydrogens (tertiary/aromatic N) is 3. The Labute approximate surface area is 143 Å². The Morgan fingerprint density at radius 2 is 2.09 bits per heavy atom. The fraction of sp³-hybridized carbons (Fsp3) is 0.429. The molecule has 1 heterocycles. The van der Waals surface area contributed by atoms with E-state index < -0.39 is 10.0 Å². The Kier molecular flexibility index (Phi) is 6.08. The molecule has 0 saturated carbocycles. The van der Waals surface area contributed by atoms with E-state index in [9.17, 15) is 8.42 Å². The summed E-state index contributed by atoms with van der Waals surface area (Å²) in [4.78, 5) is 0.291. The summed E-state index contributed by atoms with van der Waals surface area (Å²) >= 11 is 4.75. The minimum Gasteiger partial charge on any atom is -0.207 e. The normalized spacial score (nSPS) is 12.0. The molecule has 120 valence electrons. The molecular weight excluding hydrogens is 386 g/mol. The molecule has 0 aliphatic rings. The van der Waals surface area contributed by atoms with Crippen molar-refractivity contribution in [3.63, 3.8) is 0 Å². The van der Waals surface area contributed by atoms with Crippen molar-refractivity contribution in [2.75, 3.05) is 6.54 Å². The van der Waals surface area contributed by atoms with Crippen LogP contribution in [0.5, 0.6) is 0 Å². The first-order valence-corrected chi connectivity index (χ1v) is 10.0. The first-order valence-electron chi connectivity index (χ1n) is 6.98. The Morgan fingerprint density at radius 1 is 1.32 bits per heavy atom. The number of benzene rings is 1. The Balaban J connectivity index is 2.30. The van der Waals surface area contributed by atoms with Crippen LogP contribution in [0.2, 0.25) is 0 Å². The summed E-state index contributed by atoms with van der Waals surface area (Å²) in [6.45, 7) is 4.64. The van der Waals surface area contributed by atoms with Crippen LogP contribution in [0.15, 0.2) is 33.6 Å². The molecule has 0 aliphatic heterocycles. The number of halogens is 1. The van der Waals surface area contributed by atoms with Crippen LogP contribution in [-0.4, -0.2) is 29.5 Å². The molecule has 2 aromatic rings. The van der Waals surface area contributed by atoms with Crippen LogP contribution in [0, 0.1) is 6.92 Å². The molecule has 0 radical (unpaired) electrons. The standard InChI is InChI=1S/C14H18BrN3O2S2/c1-3-4-8-18(10-14-17-16-11(2)21-14)22(19,20)13-7-5-6-12(15)9-13/h5-7,9H,3-4,8,10H2,1-2H3. The molecular formula is C14H18BrN3O2S2. The lowest BCUT2D eigenvalue weighted by atomic mass is 10.3. The second kappa shape index (κ2) is 7.63. The highest BCUT2D eigenvalue weighted by molar-refractivity contribution is 9.10. The summed E-state index contributed by atoms with van der Waals surface area (Å²) in [5.74, 6) is 0. The van der Waals surface area contributed by atoms with Crippen molar-refractivity contribution < 1.29 is 8.42 Å². The maximum absolute atomic E-state index is 12.9. The number of aryl methyl sites for hydroxylation is 1. The third-order valence-electron chi connectivity index (χ3n) is 3.07. The number of hydrogen-bond donors (Lipinski definition) is 0.